The first-order valence-electron chi connectivity index (χ1n) is 5.31. The number of hydrogen-bond acceptors (Lipinski definition) is 3. The average Bonchev–Trinajstić information content (AvgIpc) is 2.75. The van der Waals surface area contributed by atoms with Gasteiger partial charge in [-0.1, -0.05) is 12.1 Å². The van der Waals surface area contributed by atoms with E-state index in [-0.39, 0.29) is 6.04 Å². The van der Waals surface area contributed by atoms with Gasteiger partial charge in [-0.3, -0.25) is 0 Å². The monoisotopic (exact) mass is 232 g/mol. The Labute approximate surface area is 100 Å². The van der Waals surface area contributed by atoms with E-state index in [2.05, 4.69) is 37.9 Å². The molecule has 0 bridgehead atoms. The Morgan fingerprint density at radius 2 is 1.81 bits per heavy atom. The van der Waals surface area contributed by atoms with E-state index in [9.17, 15) is 0 Å². The number of benzene rings is 1. The second-order valence-electron chi connectivity index (χ2n) is 4.18. The summed E-state index contributed by atoms with van der Waals surface area (Å²) in [6.07, 6.45) is 0. The number of aryl methyl sites for hydroxylation is 3. The van der Waals surface area contributed by atoms with E-state index in [4.69, 9.17) is 5.73 Å². The van der Waals surface area contributed by atoms with E-state index in [1.54, 1.807) is 11.3 Å². The highest BCUT2D eigenvalue weighted by Crippen LogP contribution is 2.25. The van der Waals surface area contributed by atoms with Crippen LogP contribution in [0.15, 0.2) is 23.0 Å². The van der Waals surface area contributed by atoms with Gasteiger partial charge in [0.05, 0.1) is 17.2 Å². The fourth-order valence-corrected chi connectivity index (χ4v) is 2.44. The second-order valence-corrected chi connectivity index (χ2v) is 4.90. The Kier molecular flexibility index (Phi) is 3.08. The van der Waals surface area contributed by atoms with Gasteiger partial charge in [0.25, 0.3) is 0 Å². The first kappa shape index (κ1) is 11.3. The highest BCUT2D eigenvalue weighted by Gasteiger charge is 2.14. The molecule has 16 heavy (non-hydrogen) atoms. The summed E-state index contributed by atoms with van der Waals surface area (Å²) in [5.41, 5.74) is 14.0. The number of nitrogens with zero attached hydrogens (tertiary/aromatic N) is 1. The van der Waals surface area contributed by atoms with Crippen LogP contribution in [0.1, 0.15) is 34.0 Å². The molecule has 2 nitrogen and oxygen atoms in total. The number of hydrogen-bond donors (Lipinski definition) is 1. The SMILES string of the molecule is Cc1cc(C)c(C(N)c2cscn2)cc1C. The summed E-state index contributed by atoms with van der Waals surface area (Å²) in [4.78, 5) is 4.28. The van der Waals surface area contributed by atoms with Gasteiger partial charge >= 0.3 is 0 Å². The fourth-order valence-electron chi connectivity index (χ4n) is 1.85. The van der Waals surface area contributed by atoms with Crippen LogP contribution in [0.3, 0.4) is 0 Å². The Hall–Kier alpha value is -1.19. The van der Waals surface area contributed by atoms with Crippen LogP contribution in [-0.4, -0.2) is 4.98 Å². The molecule has 1 aromatic heterocycles. The topological polar surface area (TPSA) is 38.9 Å². The van der Waals surface area contributed by atoms with Gasteiger partial charge < -0.3 is 5.73 Å². The van der Waals surface area contributed by atoms with Gasteiger partial charge in [-0.05, 0) is 43.0 Å². The van der Waals surface area contributed by atoms with E-state index < -0.39 is 0 Å². The molecule has 0 aliphatic rings. The third-order valence-corrected chi connectivity index (χ3v) is 3.59. The maximum atomic E-state index is 6.22. The Balaban J connectivity index is 2.44. The van der Waals surface area contributed by atoms with Crippen LogP contribution in [-0.2, 0) is 0 Å². The predicted molar refractivity (Wildman–Crippen MR) is 68.8 cm³/mol. The largest absolute Gasteiger partial charge is 0.319 e. The van der Waals surface area contributed by atoms with Crippen molar-refractivity contribution in [1.82, 2.24) is 4.98 Å². The third kappa shape index (κ3) is 2.01. The summed E-state index contributed by atoms with van der Waals surface area (Å²) in [5.74, 6) is 0. The highest BCUT2D eigenvalue weighted by molar-refractivity contribution is 7.07. The van der Waals surface area contributed by atoms with Crippen molar-refractivity contribution in [1.29, 1.82) is 0 Å². The maximum Gasteiger partial charge on any atom is 0.0795 e. The van der Waals surface area contributed by atoms with Crippen LogP contribution >= 0.6 is 11.3 Å². The molecule has 0 saturated heterocycles. The lowest BCUT2D eigenvalue weighted by atomic mass is 9.95. The molecule has 2 N–H and O–H groups in total. The normalized spacial score (nSPS) is 12.8. The molecule has 1 atom stereocenters. The van der Waals surface area contributed by atoms with E-state index in [1.165, 1.54) is 22.3 Å². The third-order valence-electron chi connectivity index (χ3n) is 2.99. The smallest absolute Gasteiger partial charge is 0.0795 e. The minimum atomic E-state index is -0.106. The van der Waals surface area contributed by atoms with Crippen molar-refractivity contribution in [3.63, 3.8) is 0 Å². The van der Waals surface area contributed by atoms with Crippen LogP contribution in [0.25, 0.3) is 0 Å². The standard InChI is InChI=1S/C13H16N2S/c1-8-4-10(3)11(5-9(8)2)13(14)12-6-16-7-15-12/h4-7,13H,14H2,1-3H3. The second kappa shape index (κ2) is 4.36. The molecule has 0 saturated carbocycles. The van der Waals surface area contributed by atoms with E-state index in [0.717, 1.165) is 5.69 Å². The van der Waals surface area contributed by atoms with Gasteiger partial charge in [0.1, 0.15) is 0 Å². The first-order chi connectivity index (χ1) is 7.59. The molecule has 1 unspecified atom stereocenters. The van der Waals surface area contributed by atoms with Gasteiger partial charge in [-0.25, -0.2) is 4.98 Å². The molecule has 0 amide bonds. The van der Waals surface area contributed by atoms with Crippen molar-refractivity contribution >= 4 is 11.3 Å². The lowest BCUT2D eigenvalue weighted by molar-refractivity contribution is 0.828. The van der Waals surface area contributed by atoms with Crippen molar-refractivity contribution in [3.05, 3.63) is 51.0 Å². The van der Waals surface area contributed by atoms with Crippen LogP contribution in [0.4, 0.5) is 0 Å². The molecule has 1 heterocycles. The van der Waals surface area contributed by atoms with Crippen molar-refractivity contribution in [2.45, 2.75) is 26.8 Å². The molecular weight excluding hydrogens is 216 g/mol. The summed E-state index contributed by atoms with van der Waals surface area (Å²) in [6, 6.07) is 4.26. The van der Waals surface area contributed by atoms with Gasteiger partial charge in [-0.2, -0.15) is 0 Å². The molecule has 0 spiro atoms. The zero-order chi connectivity index (χ0) is 11.7. The van der Waals surface area contributed by atoms with Gasteiger partial charge in [0, 0.05) is 5.38 Å². The minimum Gasteiger partial charge on any atom is -0.319 e. The predicted octanol–water partition coefficient (Wildman–Crippen LogP) is 3.12. The van der Waals surface area contributed by atoms with Crippen LogP contribution in [0, 0.1) is 20.8 Å². The molecule has 0 aliphatic heterocycles. The van der Waals surface area contributed by atoms with E-state index >= 15 is 0 Å². The summed E-state index contributed by atoms with van der Waals surface area (Å²) >= 11 is 1.58. The molecule has 0 fully saturated rings. The molecule has 3 heteroatoms. The lowest BCUT2D eigenvalue weighted by Gasteiger charge is -2.15. The minimum absolute atomic E-state index is 0.106. The van der Waals surface area contributed by atoms with Crippen molar-refractivity contribution in [3.8, 4) is 0 Å². The van der Waals surface area contributed by atoms with Crippen LogP contribution < -0.4 is 5.73 Å². The van der Waals surface area contributed by atoms with E-state index in [0.29, 0.717) is 0 Å². The Morgan fingerprint density at radius 3 is 2.44 bits per heavy atom. The summed E-state index contributed by atoms with van der Waals surface area (Å²) in [6.45, 7) is 6.35. The number of nitrogens with two attached hydrogens (primary N) is 1. The average molecular weight is 232 g/mol. The van der Waals surface area contributed by atoms with Crippen molar-refractivity contribution in [2.24, 2.45) is 5.73 Å². The summed E-state index contributed by atoms with van der Waals surface area (Å²) < 4.78 is 0. The fraction of sp³-hybridized carbons (Fsp3) is 0.308. The van der Waals surface area contributed by atoms with Crippen LogP contribution in [0.5, 0.6) is 0 Å². The molecule has 2 rings (SSSR count). The summed E-state index contributed by atoms with van der Waals surface area (Å²) in [5, 5.41) is 2.01. The number of rotatable bonds is 2. The molecule has 0 radical (unpaired) electrons. The Bertz CT molecular complexity index is 489. The van der Waals surface area contributed by atoms with E-state index in [1.807, 2.05) is 10.9 Å². The molecule has 84 valence electrons. The van der Waals surface area contributed by atoms with Gasteiger partial charge in [0.2, 0.25) is 0 Å². The lowest BCUT2D eigenvalue weighted by Crippen LogP contribution is -2.14. The molecular formula is C13H16N2S. The molecule has 0 aliphatic carbocycles. The first-order valence-corrected chi connectivity index (χ1v) is 6.25. The quantitative estimate of drug-likeness (QED) is 0.864. The highest BCUT2D eigenvalue weighted by atomic mass is 32.1. The zero-order valence-electron chi connectivity index (χ0n) is 9.82. The summed E-state index contributed by atoms with van der Waals surface area (Å²) in [7, 11) is 0. The Morgan fingerprint density at radius 1 is 1.12 bits per heavy atom. The maximum absolute atomic E-state index is 6.22. The molecule has 1 aromatic carbocycles. The van der Waals surface area contributed by atoms with Crippen molar-refractivity contribution < 1.29 is 0 Å². The molecule has 2 aromatic rings. The number of aromatic nitrogens is 1. The zero-order valence-corrected chi connectivity index (χ0v) is 10.6. The van der Waals surface area contributed by atoms with Crippen molar-refractivity contribution in [2.75, 3.05) is 0 Å². The van der Waals surface area contributed by atoms with Crippen LogP contribution in [0.2, 0.25) is 0 Å². The van der Waals surface area contributed by atoms with Gasteiger partial charge in [-0.15, -0.1) is 11.3 Å². The number of thiazole rings is 1. The van der Waals surface area contributed by atoms with Gasteiger partial charge in [0.15, 0.2) is 0 Å².